The van der Waals surface area contributed by atoms with Crippen LogP contribution in [0, 0.1) is 11.7 Å². The second-order valence-electron chi connectivity index (χ2n) is 4.15. The highest BCUT2D eigenvalue weighted by Gasteiger charge is 2.07. The molecule has 0 fully saturated rings. The number of anilines is 1. The van der Waals surface area contributed by atoms with Gasteiger partial charge in [-0.1, -0.05) is 31.5 Å². The van der Waals surface area contributed by atoms with Crippen LogP contribution in [0.4, 0.5) is 10.1 Å². The molecule has 0 aliphatic rings. The lowest BCUT2D eigenvalue weighted by molar-refractivity contribution is -0.119. The fourth-order valence-corrected chi connectivity index (χ4v) is 1.37. The van der Waals surface area contributed by atoms with Gasteiger partial charge in [0, 0.05) is 6.54 Å². The number of carbonyl (C=O) groups excluding carboxylic acids is 1. The van der Waals surface area contributed by atoms with Gasteiger partial charge in [-0.15, -0.1) is 0 Å². The van der Waals surface area contributed by atoms with Crippen molar-refractivity contribution in [2.75, 3.05) is 18.4 Å². The van der Waals surface area contributed by atoms with Crippen LogP contribution in [0.3, 0.4) is 0 Å². The van der Waals surface area contributed by atoms with E-state index in [1.54, 1.807) is 6.07 Å². The molecule has 0 unspecified atom stereocenters. The van der Waals surface area contributed by atoms with Crippen LogP contribution < -0.4 is 10.6 Å². The maximum Gasteiger partial charge on any atom is 0.239 e. The molecule has 5 heteroatoms. The number of benzene rings is 1. The van der Waals surface area contributed by atoms with Gasteiger partial charge in [-0.3, -0.25) is 4.79 Å². The Labute approximate surface area is 105 Å². The quantitative estimate of drug-likeness (QED) is 0.853. The van der Waals surface area contributed by atoms with E-state index < -0.39 is 5.82 Å². The van der Waals surface area contributed by atoms with E-state index in [0.717, 1.165) is 0 Å². The van der Waals surface area contributed by atoms with Crippen LogP contribution in [0.5, 0.6) is 0 Å². The number of rotatable bonds is 5. The summed E-state index contributed by atoms with van der Waals surface area (Å²) in [5.41, 5.74) is 0.234. The second kappa shape index (κ2) is 6.45. The molecule has 0 radical (unpaired) electrons. The van der Waals surface area contributed by atoms with E-state index in [1.807, 2.05) is 13.8 Å². The molecule has 17 heavy (non-hydrogen) atoms. The summed E-state index contributed by atoms with van der Waals surface area (Å²) in [6.45, 7) is 4.65. The Kier molecular flexibility index (Phi) is 5.22. The summed E-state index contributed by atoms with van der Waals surface area (Å²) in [6.07, 6.45) is 0. The first-order chi connectivity index (χ1) is 8.00. The van der Waals surface area contributed by atoms with Crippen molar-refractivity contribution < 1.29 is 9.18 Å². The number of amides is 1. The van der Waals surface area contributed by atoms with Crippen LogP contribution in [0.2, 0.25) is 5.02 Å². The predicted molar refractivity (Wildman–Crippen MR) is 67.7 cm³/mol. The van der Waals surface area contributed by atoms with Crippen molar-refractivity contribution in [3.63, 3.8) is 0 Å². The first-order valence-electron chi connectivity index (χ1n) is 5.45. The summed E-state index contributed by atoms with van der Waals surface area (Å²) in [5, 5.41) is 5.47. The topological polar surface area (TPSA) is 41.1 Å². The molecule has 1 aromatic carbocycles. The van der Waals surface area contributed by atoms with Crippen LogP contribution >= 0.6 is 11.6 Å². The Morgan fingerprint density at radius 1 is 1.47 bits per heavy atom. The molecule has 94 valence electrons. The molecule has 1 amide bonds. The number of carbonyl (C=O) groups is 1. The van der Waals surface area contributed by atoms with Gasteiger partial charge in [0.05, 0.1) is 17.3 Å². The highest BCUT2D eigenvalue weighted by Crippen LogP contribution is 2.21. The Balaban J connectivity index is 2.45. The lowest BCUT2D eigenvalue weighted by atomic mass is 10.2. The summed E-state index contributed by atoms with van der Waals surface area (Å²) in [7, 11) is 0. The first kappa shape index (κ1) is 13.8. The molecule has 3 nitrogen and oxygen atoms in total. The van der Waals surface area contributed by atoms with Gasteiger partial charge in [-0.05, 0) is 18.1 Å². The average molecular weight is 259 g/mol. The van der Waals surface area contributed by atoms with Gasteiger partial charge in [0.15, 0.2) is 5.82 Å². The van der Waals surface area contributed by atoms with Crippen molar-refractivity contribution in [2.24, 2.45) is 5.92 Å². The van der Waals surface area contributed by atoms with Crippen LogP contribution in [0.1, 0.15) is 13.8 Å². The normalized spacial score (nSPS) is 10.4. The zero-order valence-corrected chi connectivity index (χ0v) is 10.6. The Morgan fingerprint density at radius 3 is 2.82 bits per heavy atom. The SMILES string of the molecule is CC(C)CNC(=O)CNc1cccc(Cl)c1F. The molecule has 0 atom stereocenters. The summed E-state index contributed by atoms with van der Waals surface area (Å²) in [5.74, 6) is -0.314. The Bertz CT molecular complexity index is 396. The lowest BCUT2D eigenvalue weighted by Crippen LogP contribution is -2.32. The van der Waals surface area contributed by atoms with Crippen molar-refractivity contribution in [3.8, 4) is 0 Å². The molecule has 0 spiro atoms. The Morgan fingerprint density at radius 2 is 2.18 bits per heavy atom. The van der Waals surface area contributed by atoms with E-state index in [-0.39, 0.29) is 23.2 Å². The number of hydrogen-bond donors (Lipinski definition) is 2. The summed E-state index contributed by atoms with van der Waals surface area (Å²) in [6, 6.07) is 4.62. The van der Waals surface area contributed by atoms with Crippen LogP contribution in [-0.2, 0) is 4.79 Å². The minimum atomic E-state index is -0.536. The highest BCUT2D eigenvalue weighted by atomic mass is 35.5. The van der Waals surface area contributed by atoms with Gasteiger partial charge in [-0.25, -0.2) is 4.39 Å². The highest BCUT2D eigenvalue weighted by molar-refractivity contribution is 6.31. The minimum Gasteiger partial charge on any atom is -0.374 e. The predicted octanol–water partition coefficient (Wildman–Crippen LogP) is 2.66. The van der Waals surface area contributed by atoms with Crippen molar-refractivity contribution in [2.45, 2.75) is 13.8 Å². The first-order valence-corrected chi connectivity index (χ1v) is 5.83. The summed E-state index contributed by atoms with van der Waals surface area (Å²) < 4.78 is 13.4. The second-order valence-corrected chi connectivity index (χ2v) is 4.56. The molecular formula is C12H16ClFN2O. The van der Waals surface area contributed by atoms with E-state index in [9.17, 15) is 9.18 Å². The van der Waals surface area contributed by atoms with Crippen molar-refractivity contribution in [3.05, 3.63) is 29.0 Å². The maximum atomic E-state index is 13.4. The van der Waals surface area contributed by atoms with Crippen LogP contribution in [0.25, 0.3) is 0 Å². The van der Waals surface area contributed by atoms with Crippen molar-refractivity contribution in [1.82, 2.24) is 5.32 Å². The smallest absolute Gasteiger partial charge is 0.239 e. The fraction of sp³-hybridized carbons (Fsp3) is 0.417. The van der Waals surface area contributed by atoms with E-state index in [0.29, 0.717) is 12.5 Å². The fourth-order valence-electron chi connectivity index (χ4n) is 1.20. The molecule has 0 aliphatic carbocycles. The van der Waals surface area contributed by atoms with E-state index in [2.05, 4.69) is 10.6 Å². The van der Waals surface area contributed by atoms with Crippen molar-refractivity contribution in [1.29, 1.82) is 0 Å². The van der Waals surface area contributed by atoms with Crippen molar-refractivity contribution >= 4 is 23.2 Å². The third-order valence-electron chi connectivity index (χ3n) is 2.10. The minimum absolute atomic E-state index is 0.0317. The number of hydrogen-bond acceptors (Lipinski definition) is 2. The molecule has 0 heterocycles. The molecule has 0 saturated carbocycles. The number of halogens is 2. The van der Waals surface area contributed by atoms with Gasteiger partial charge < -0.3 is 10.6 Å². The monoisotopic (exact) mass is 258 g/mol. The molecule has 0 aliphatic heterocycles. The maximum absolute atomic E-state index is 13.4. The molecule has 0 saturated heterocycles. The Hall–Kier alpha value is -1.29. The van der Waals surface area contributed by atoms with Gasteiger partial charge in [0.25, 0.3) is 0 Å². The standard InChI is InChI=1S/C12H16ClFN2O/c1-8(2)6-16-11(17)7-15-10-5-3-4-9(13)12(10)14/h3-5,8,15H,6-7H2,1-2H3,(H,16,17). The van der Waals surface area contributed by atoms with Gasteiger partial charge in [0.1, 0.15) is 0 Å². The molecular weight excluding hydrogens is 243 g/mol. The van der Waals surface area contributed by atoms with E-state index >= 15 is 0 Å². The van der Waals surface area contributed by atoms with E-state index in [4.69, 9.17) is 11.6 Å². The van der Waals surface area contributed by atoms with Gasteiger partial charge >= 0.3 is 0 Å². The molecule has 0 aromatic heterocycles. The third kappa shape index (κ3) is 4.61. The molecule has 0 bridgehead atoms. The number of nitrogens with one attached hydrogen (secondary N) is 2. The molecule has 2 N–H and O–H groups in total. The largest absolute Gasteiger partial charge is 0.374 e. The zero-order valence-electron chi connectivity index (χ0n) is 9.89. The lowest BCUT2D eigenvalue weighted by Gasteiger charge is -2.10. The molecule has 1 aromatic rings. The summed E-state index contributed by atoms with van der Waals surface area (Å²) >= 11 is 5.62. The molecule has 1 rings (SSSR count). The van der Waals surface area contributed by atoms with Gasteiger partial charge in [-0.2, -0.15) is 0 Å². The van der Waals surface area contributed by atoms with Gasteiger partial charge in [0.2, 0.25) is 5.91 Å². The zero-order chi connectivity index (χ0) is 12.8. The summed E-state index contributed by atoms with van der Waals surface area (Å²) in [4.78, 5) is 11.4. The third-order valence-corrected chi connectivity index (χ3v) is 2.39. The van der Waals surface area contributed by atoms with E-state index in [1.165, 1.54) is 12.1 Å². The average Bonchev–Trinajstić information content (AvgIpc) is 2.28. The van der Waals surface area contributed by atoms with Crippen LogP contribution in [-0.4, -0.2) is 19.0 Å². The van der Waals surface area contributed by atoms with Crippen LogP contribution in [0.15, 0.2) is 18.2 Å².